The van der Waals surface area contributed by atoms with Crippen molar-refractivity contribution in [3.63, 3.8) is 0 Å². The first-order valence-electron chi connectivity index (χ1n) is 5.98. The summed E-state index contributed by atoms with van der Waals surface area (Å²) in [6.45, 7) is 22.6. The molecule has 0 aliphatic heterocycles. The molecule has 0 aliphatic carbocycles. The first-order chi connectivity index (χ1) is 8.19. The molecule has 0 radical (unpaired) electrons. The quantitative estimate of drug-likeness (QED) is 0.591. The van der Waals surface area contributed by atoms with Crippen molar-refractivity contribution in [3.8, 4) is 0 Å². The summed E-state index contributed by atoms with van der Waals surface area (Å²) in [4.78, 5) is 5.33. The number of thiazole rings is 1. The molecule has 1 heterocycles. The molecule has 0 atom stereocenters. The molecule has 1 aromatic rings. The monoisotopic (exact) mass is 253 g/mol. The van der Waals surface area contributed by atoms with E-state index >= 15 is 0 Å². The minimum absolute atomic E-state index is 0.942. The maximum absolute atomic E-state index is 4.23. The van der Waals surface area contributed by atoms with Gasteiger partial charge in [-0.2, -0.15) is 0 Å². The second-order valence-corrected chi connectivity index (χ2v) is 3.53. The van der Waals surface area contributed by atoms with Gasteiger partial charge in [-0.25, -0.2) is 4.98 Å². The molecule has 0 bridgehead atoms. The molecule has 0 amide bonds. The third-order valence-electron chi connectivity index (χ3n) is 1.17. The predicted octanol–water partition coefficient (Wildman–Crippen LogP) is 5.98. The second-order valence-electron chi connectivity index (χ2n) is 2.30. The lowest BCUT2D eigenvalue weighted by Crippen LogP contribution is -1.72. The molecule has 17 heavy (non-hydrogen) atoms. The summed E-state index contributed by atoms with van der Waals surface area (Å²) >= 11 is 1.64. The first-order valence-corrected chi connectivity index (χ1v) is 6.80. The Labute approximate surface area is 112 Å². The largest absolute Gasteiger partial charge is 0.242 e. The molecule has 0 saturated heterocycles. The Bertz CT molecular complexity index is 272. The average molecular weight is 253 g/mol. The predicted molar refractivity (Wildman–Crippen MR) is 85.6 cm³/mol. The Morgan fingerprint density at radius 1 is 1.00 bits per heavy atom. The van der Waals surface area contributed by atoms with E-state index in [4.69, 9.17) is 0 Å². The molecule has 2 heteroatoms. The normalized spacial score (nSPS) is 6.94. The van der Waals surface area contributed by atoms with Crippen molar-refractivity contribution >= 4 is 23.5 Å². The van der Waals surface area contributed by atoms with Crippen molar-refractivity contribution in [2.24, 2.45) is 0 Å². The van der Waals surface area contributed by atoms with Crippen LogP contribution >= 0.6 is 11.3 Å². The standard InChI is InChI=1S/C8H9NS.C3H6.2C2H6/c1-4-7-8(5-2)10-6(3)9-7;1-3-2;2*1-2/h4-5H,1-2H2,3H3;3H,1H2,2H3;2*1-2H3. The third kappa shape index (κ3) is 11.1. The lowest BCUT2D eigenvalue weighted by molar-refractivity contribution is 1.27. The van der Waals surface area contributed by atoms with E-state index in [-0.39, 0.29) is 0 Å². The van der Waals surface area contributed by atoms with E-state index in [0.29, 0.717) is 0 Å². The smallest absolute Gasteiger partial charge is 0.0907 e. The highest BCUT2D eigenvalue weighted by atomic mass is 32.1. The van der Waals surface area contributed by atoms with Gasteiger partial charge in [0.2, 0.25) is 0 Å². The second kappa shape index (κ2) is 17.3. The molecular formula is C15H27NS. The topological polar surface area (TPSA) is 12.9 Å². The number of hydrogen-bond donors (Lipinski definition) is 0. The van der Waals surface area contributed by atoms with Gasteiger partial charge in [0.05, 0.1) is 15.6 Å². The van der Waals surface area contributed by atoms with Crippen LogP contribution in [-0.4, -0.2) is 4.98 Å². The molecule has 98 valence electrons. The Morgan fingerprint density at radius 3 is 1.65 bits per heavy atom. The van der Waals surface area contributed by atoms with Gasteiger partial charge in [-0.05, 0) is 26.0 Å². The number of allylic oxidation sites excluding steroid dienone is 1. The van der Waals surface area contributed by atoms with E-state index in [2.05, 4.69) is 24.7 Å². The Balaban J connectivity index is -0.000000239. The lowest BCUT2D eigenvalue weighted by atomic mass is 10.3. The van der Waals surface area contributed by atoms with Crippen molar-refractivity contribution in [2.45, 2.75) is 41.5 Å². The Morgan fingerprint density at radius 2 is 1.41 bits per heavy atom. The van der Waals surface area contributed by atoms with Gasteiger partial charge in [0.25, 0.3) is 0 Å². The van der Waals surface area contributed by atoms with E-state index in [9.17, 15) is 0 Å². The molecule has 0 N–H and O–H groups in total. The van der Waals surface area contributed by atoms with Crippen molar-refractivity contribution in [2.75, 3.05) is 0 Å². The molecule has 1 rings (SSSR count). The Hall–Kier alpha value is -1.15. The van der Waals surface area contributed by atoms with E-state index < -0.39 is 0 Å². The summed E-state index contributed by atoms with van der Waals surface area (Å²) in [5.41, 5.74) is 0.942. The fraction of sp³-hybridized carbons (Fsp3) is 0.400. The highest BCUT2D eigenvalue weighted by molar-refractivity contribution is 7.12. The molecule has 0 spiro atoms. The SMILES string of the molecule is C=CC.C=Cc1nc(C)sc1C=C.CC.CC. The Kier molecular flexibility index (Phi) is 21.5. The number of nitrogens with zero attached hydrogens (tertiary/aromatic N) is 1. The summed E-state index contributed by atoms with van der Waals surface area (Å²) in [6.07, 6.45) is 5.31. The van der Waals surface area contributed by atoms with Crippen LogP contribution in [0.4, 0.5) is 0 Å². The minimum Gasteiger partial charge on any atom is -0.242 e. The molecule has 0 aromatic carbocycles. The molecule has 0 saturated carbocycles. The van der Waals surface area contributed by atoms with Crippen LogP contribution in [0.3, 0.4) is 0 Å². The average Bonchev–Trinajstić information content (AvgIpc) is 2.75. The minimum atomic E-state index is 0.942. The molecule has 1 aromatic heterocycles. The van der Waals surface area contributed by atoms with Crippen LogP contribution < -0.4 is 0 Å². The van der Waals surface area contributed by atoms with Crippen LogP contribution in [0.1, 0.15) is 50.2 Å². The van der Waals surface area contributed by atoms with Crippen molar-refractivity contribution in [3.05, 3.63) is 41.4 Å². The van der Waals surface area contributed by atoms with Gasteiger partial charge < -0.3 is 0 Å². The number of aryl methyl sites for hydroxylation is 1. The summed E-state index contributed by atoms with van der Waals surface area (Å²) < 4.78 is 0. The van der Waals surface area contributed by atoms with Gasteiger partial charge in [-0.1, -0.05) is 46.9 Å². The van der Waals surface area contributed by atoms with E-state index in [1.165, 1.54) is 0 Å². The first kappa shape index (κ1) is 21.2. The van der Waals surface area contributed by atoms with Gasteiger partial charge in [0.15, 0.2) is 0 Å². The maximum atomic E-state index is 4.23. The van der Waals surface area contributed by atoms with Crippen LogP contribution in [0.2, 0.25) is 0 Å². The highest BCUT2D eigenvalue weighted by Gasteiger charge is 1.99. The van der Waals surface area contributed by atoms with Crippen LogP contribution in [0, 0.1) is 6.92 Å². The van der Waals surface area contributed by atoms with Gasteiger partial charge in [-0.15, -0.1) is 17.9 Å². The van der Waals surface area contributed by atoms with Crippen molar-refractivity contribution < 1.29 is 0 Å². The van der Waals surface area contributed by atoms with Crippen LogP contribution in [0.25, 0.3) is 12.2 Å². The zero-order valence-corrected chi connectivity index (χ0v) is 13.0. The van der Waals surface area contributed by atoms with E-state index in [1.807, 2.05) is 47.6 Å². The summed E-state index contributed by atoms with van der Waals surface area (Å²) in [6, 6.07) is 0. The van der Waals surface area contributed by atoms with E-state index in [1.54, 1.807) is 23.5 Å². The van der Waals surface area contributed by atoms with Crippen LogP contribution in [0.15, 0.2) is 25.8 Å². The number of aromatic nitrogens is 1. The molecule has 0 aliphatic rings. The lowest BCUT2D eigenvalue weighted by Gasteiger charge is -1.83. The molecular weight excluding hydrogens is 226 g/mol. The molecule has 1 nitrogen and oxygen atoms in total. The fourth-order valence-electron chi connectivity index (χ4n) is 0.751. The van der Waals surface area contributed by atoms with Crippen molar-refractivity contribution in [1.29, 1.82) is 0 Å². The summed E-state index contributed by atoms with van der Waals surface area (Å²) in [5.74, 6) is 0. The molecule has 0 unspecified atom stereocenters. The summed E-state index contributed by atoms with van der Waals surface area (Å²) in [7, 11) is 0. The maximum Gasteiger partial charge on any atom is 0.0907 e. The van der Waals surface area contributed by atoms with Gasteiger partial charge in [0.1, 0.15) is 0 Å². The number of rotatable bonds is 2. The molecule has 0 fully saturated rings. The van der Waals surface area contributed by atoms with Crippen LogP contribution in [0.5, 0.6) is 0 Å². The van der Waals surface area contributed by atoms with Gasteiger partial charge >= 0.3 is 0 Å². The van der Waals surface area contributed by atoms with Crippen LogP contribution in [-0.2, 0) is 0 Å². The summed E-state index contributed by atoms with van der Waals surface area (Å²) in [5, 5.41) is 1.06. The zero-order chi connectivity index (χ0) is 14.3. The van der Waals surface area contributed by atoms with Gasteiger partial charge in [-0.3, -0.25) is 0 Å². The zero-order valence-electron chi connectivity index (χ0n) is 12.2. The van der Waals surface area contributed by atoms with E-state index in [0.717, 1.165) is 15.6 Å². The fourth-order valence-corrected chi connectivity index (χ4v) is 1.53. The highest BCUT2D eigenvalue weighted by Crippen LogP contribution is 2.19. The number of hydrogen-bond acceptors (Lipinski definition) is 2. The van der Waals surface area contributed by atoms with Gasteiger partial charge in [0, 0.05) is 0 Å². The van der Waals surface area contributed by atoms with Crippen molar-refractivity contribution in [1.82, 2.24) is 4.98 Å². The third-order valence-corrected chi connectivity index (χ3v) is 2.15.